The highest BCUT2D eigenvalue weighted by molar-refractivity contribution is 6.22. The molecule has 0 aliphatic carbocycles. The summed E-state index contributed by atoms with van der Waals surface area (Å²) in [5, 5.41) is 31.5. The maximum Gasteiger partial charge on any atom is 0.336 e. The highest BCUT2D eigenvalue weighted by Gasteiger charge is 2.22. The quantitative estimate of drug-likeness (QED) is 0.151. The molecule has 2 heterocycles. The van der Waals surface area contributed by atoms with Crippen molar-refractivity contribution in [2.75, 3.05) is 59.5 Å². The molecule has 0 radical (unpaired) electrons. The van der Waals surface area contributed by atoms with Gasteiger partial charge in [-0.3, -0.25) is 19.4 Å². The van der Waals surface area contributed by atoms with E-state index < -0.39 is 5.97 Å². The summed E-state index contributed by atoms with van der Waals surface area (Å²) in [5.74, 6) is -1.45. The molecule has 11 heteroatoms. The summed E-state index contributed by atoms with van der Waals surface area (Å²) in [7, 11) is 1.60. The number of aryl methyl sites for hydroxylation is 1. The van der Waals surface area contributed by atoms with Crippen LogP contribution in [-0.4, -0.2) is 112 Å². The third kappa shape index (κ3) is 6.98. The Balaban J connectivity index is 1.32. The Kier molecular flexibility index (Phi) is 9.71. The molecule has 0 saturated carbocycles. The normalized spacial score (nSPS) is 14.7. The van der Waals surface area contributed by atoms with Crippen LogP contribution < -0.4 is 0 Å². The minimum atomic E-state index is -1.05. The minimum Gasteiger partial charge on any atom is -0.494 e. The van der Waals surface area contributed by atoms with Crippen molar-refractivity contribution in [2.24, 2.45) is 4.99 Å². The zero-order valence-electron chi connectivity index (χ0n) is 24.9. The van der Waals surface area contributed by atoms with Crippen molar-refractivity contribution in [3.63, 3.8) is 0 Å². The Morgan fingerprint density at radius 2 is 1.61 bits per heavy atom. The van der Waals surface area contributed by atoms with E-state index in [0.717, 1.165) is 31.7 Å². The van der Waals surface area contributed by atoms with Gasteiger partial charge in [0, 0.05) is 68.3 Å². The molecule has 1 fully saturated rings. The van der Waals surface area contributed by atoms with Gasteiger partial charge in [0.05, 0.1) is 35.7 Å². The lowest BCUT2D eigenvalue weighted by atomic mass is 9.98. The van der Waals surface area contributed by atoms with Gasteiger partial charge in [-0.1, -0.05) is 30.3 Å². The zero-order chi connectivity index (χ0) is 31.2. The van der Waals surface area contributed by atoms with Crippen molar-refractivity contribution in [2.45, 2.75) is 6.92 Å². The Bertz CT molecular complexity index is 1640. The number of aromatic carboxylic acids is 1. The van der Waals surface area contributed by atoms with Gasteiger partial charge in [-0.15, -0.1) is 0 Å². The Morgan fingerprint density at radius 3 is 2.25 bits per heavy atom. The molecule has 11 nitrogen and oxygen atoms in total. The summed E-state index contributed by atoms with van der Waals surface area (Å²) < 4.78 is 0. The van der Waals surface area contributed by atoms with E-state index in [-0.39, 0.29) is 24.0 Å². The summed E-state index contributed by atoms with van der Waals surface area (Å²) in [6.07, 6.45) is 0. The van der Waals surface area contributed by atoms with Crippen LogP contribution in [0.4, 0.5) is 5.69 Å². The molecule has 0 bridgehead atoms. The molecule has 4 aromatic rings. The number of rotatable bonds is 11. The number of aromatic amines is 1. The van der Waals surface area contributed by atoms with E-state index in [1.807, 2.05) is 30.3 Å². The lowest BCUT2D eigenvalue weighted by molar-refractivity contribution is -0.111. The molecule has 1 aliphatic heterocycles. The topological polar surface area (TPSA) is 142 Å². The number of β-amino-alcohol motifs (C(OH)–C–C–N with tert-alkyl or cyclic N) is 1. The summed E-state index contributed by atoms with van der Waals surface area (Å²) in [6.45, 7) is 7.27. The number of hydrogen-bond acceptors (Lipinski definition) is 8. The molecule has 1 amide bonds. The number of H-pyrrole nitrogens is 1. The number of carbonyl (C=O) groups is 2. The minimum absolute atomic E-state index is 0.123. The third-order valence-electron chi connectivity index (χ3n) is 7.85. The predicted octanol–water partition coefficient (Wildman–Crippen LogP) is 3.66. The first-order valence-electron chi connectivity index (χ1n) is 14.5. The molecule has 230 valence electrons. The van der Waals surface area contributed by atoms with Gasteiger partial charge in [0.25, 0.3) is 5.91 Å². The van der Waals surface area contributed by atoms with Crippen molar-refractivity contribution in [3.8, 4) is 5.88 Å². The van der Waals surface area contributed by atoms with Gasteiger partial charge in [-0.2, -0.15) is 0 Å². The Labute approximate surface area is 255 Å². The lowest BCUT2D eigenvalue weighted by Crippen LogP contribution is -2.48. The molecule has 44 heavy (non-hydrogen) atoms. The first-order valence-corrected chi connectivity index (χ1v) is 14.5. The number of amides is 1. The Morgan fingerprint density at radius 1 is 0.955 bits per heavy atom. The van der Waals surface area contributed by atoms with E-state index in [4.69, 9.17) is 14.9 Å². The molecule has 3 aromatic carbocycles. The number of carbonyl (C=O) groups excluding carboxylic acids is 1. The van der Waals surface area contributed by atoms with Crippen molar-refractivity contribution in [1.82, 2.24) is 19.8 Å². The summed E-state index contributed by atoms with van der Waals surface area (Å²) in [5.41, 5.74) is 3.91. The first kappa shape index (κ1) is 30.9. The van der Waals surface area contributed by atoms with Gasteiger partial charge in [0.2, 0.25) is 0 Å². The number of nitrogens with one attached hydrogen (secondary N) is 1. The van der Waals surface area contributed by atoms with Crippen LogP contribution >= 0.6 is 0 Å². The number of piperazine rings is 1. The van der Waals surface area contributed by atoms with Crippen LogP contribution in [-0.2, 0) is 4.84 Å². The second-order valence-corrected chi connectivity index (χ2v) is 10.8. The number of fused-ring (bicyclic) bond motifs is 1. The van der Waals surface area contributed by atoms with E-state index in [9.17, 15) is 19.8 Å². The van der Waals surface area contributed by atoms with Gasteiger partial charge in [-0.25, -0.2) is 14.9 Å². The van der Waals surface area contributed by atoms with Gasteiger partial charge < -0.3 is 20.3 Å². The number of nitrogens with zero attached hydrogens (tertiary/aromatic N) is 4. The number of hydroxylamine groups is 2. The first-order chi connectivity index (χ1) is 21.2. The van der Waals surface area contributed by atoms with E-state index in [0.29, 0.717) is 58.7 Å². The van der Waals surface area contributed by atoms with Crippen LogP contribution in [0.3, 0.4) is 0 Å². The van der Waals surface area contributed by atoms with Crippen LogP contribution in [0.25, 0.3) is 10.9 Å². The highest BCUT2D eigenvalue weighted by Crippen LogP contribution is 2.33. The summed E-state index contributed by atoms with van der Waals surface area (Å²) >= 11 is 0. The molecular weight excluding hydrogens is 562 g/mol. The predicted molar refractivity (Wildman–Crippen MR) is 168 cm³/mol. The number of carboxylic acids is 1. The third-order valence-corrected chi connectivity index (χ3v) is 7.85. The second-order valence-electron chi connectivity index (χ2n) is 10.8. The SMILES string of the molecule is Cc1cc2c(C(=Nc3ccc(C(=O)N(C)OCCN4CCN(CCO)CC4)cc3)c3ccccc3)c(O)[nH]c2cc1C(=O)O. The zero-order valence-corrected chi connectivity index (χ0v) is 24.9. The van der Waals surface area contributed by atoms with E-state index in [1.165, 1.54) is 11.1 Å². The van der Waals surface area contributed by atoms with Gasteiger partial charge in [-0.05, 0) is 48.9 Å². The molecule has 0 unspecified atom stereocenters. The van der Waals surface area contributed by atoms with Crippen LogP contribution in [0.5, 0.6) is 5.88 Å². The number of aliphatic imine (C=N–C) groups is 1. The van der Waals surface area contributed by atoms with E-state index in [2.05, 4.69) is 14.8 Å². The number of hydrogen-bond donors (Lipinski definition) is 4. The number of aliphatic hydroxyl groups excluding tert-OH is 1. The molecule has 0 spiro atoms. The number of carboxylic acid groups (broad SMARTS) is 1. The van der Waals surface area contributed by atoms with Crippen LogP contribution in [0, 0.1) is 6.92 Å². The molecule has 1 aromatic heterocycles. The number of aromatic nitrogens is 1. The van der Waals surface area contributed by atoms with Crippen LogP contribution in [0.1, 0.15) is 37.4 Å². The van der Waals surface area contributed by atoms with Gasteiger partial charge in [0.1, 0.15) is 0 Å². The fourth-order valence-corrected chi connectivity index (χ4v) is 5.40. The average molecular weight is 600 g/mol. The van der Waals surface area contributed by atoms with Crippen molar-refractivity contribution >= 4 is 34.2 Å². The molecular formula is C33H37N5O6. The Hall–Kier alpha value is -4.55. The number of benzene rings is 3. The molecule has 1 aliphatic rings. The highest BCUT2D eigenvalue weighted by atomic mass is 16.7. The van der Waals surface area contributed by atoms with Gasteiger partial charge >= 0.3 is 5.97 Å². The maximum atomic E-state index is 13.0. The second kappa shape index (κ2) is 13.8. The average Bonchev–Trinajstić information content (AvgIpc) is 3.34. The number of aliphatic hydroxyl groups is 1. The van der Waals surface area contributed by atoms with Crippen molar-refractivity contribution in [3.05, 3.63) is 94.5 Å². The summed E-state index contributed by atoms with van der Waals surface area (Å²) in [6, 6.07) is 19.5. The molecule has 4 N–H and O–H groups in total. The van der Waals surface area contributed by atoms with Crippen molar-refractivity contribution < 1.29 is 29.7 Å². The standard InChI is InChI=1S/C33H37N5O6/c1-22-20-27-28(21-26(22)33(42)43)35-31(40)29(27)30(23-6-4-3-5-7-23)34-25-10-8-24(9-11-25)32(41)36(2)44-19-17-38-14-12-37(13-15-38)16-18-39/h3-11,20-21,35,39-40H,12-19H2,1-2H3,(H,42,43). The monoisotopic (exact) mass is 599 g/mol. The number of aromatic hydroxyl groups is 1. The van der Waals surface area contributed by atoms with Crippen LogP contribution in [0.15, 0.2) is 71.7 Å². The van der Waals surface area contributed by atoms with Gasteiger partial charge in [0.15, 0.2) is 5.88 Å². The van der Waals surface area contributed by atoms with E-state index in [1.54, 1.807) is 44.3 Å². The fraction of sp³-hybridized carbons (Fsp3) is 0.303. The van der Waals surface area contributed by atoms with E-state index >= 15 is 0 Å². The van der Waals surface area contributed by atoms with Crippen molar-refractivity contribution in [1.29, 1.82) is 0 Å². The maximum absolute atomic E-state index is 13.0. The molecule has 1 saturated heterocycles. The smallest absolute Gasteiger partial charge is 0.336 e. The molecule has 5 rings (SSSR count). The fourth-order valence-electron chi connectivity index (χ4n) is 5.40. The lowest BCUT2D eigenvalue weighted by Gasteiger charge is -2.34. The molecule has 0 atom stereocenters. The van der Waals surface area contributed by atoms with Crippen LogP contribution in [0.2, 0.25) is 0 Å². The summed E-state index contributed by atoms with van der Waals surface area (Å²) in [4.78, 5) is 42.7. The largest absolute Gasteiger partial charge is 0.494 e.